The molecule has 1 aliphatic carbocycles. The van der Waals surface area contributed by atoms with E-state index in [4.69, 9.17) is 4.74 Å². The number of rotatable bonds is 4. The van der Waals surface area contributed by atoms with E-state index in [1.54, 1.807) is 7.11 Å². The number of hydrogen-bond acceptors (Lipinski definition) is 2. The first-order chi connectivity index (χ1) is 14.8. The zero-order valence-electron chi connectivity index (χ0n) is 16.8. The predicted octanol–water partition coefficient (Wildman–Crippen LogP) is 6.68. The van der Waals surface area contributed by atoms with Gasteiger partial charge in [-0.1, -0.05) is 48.5 Å². The molecule has 3 heteroatoms. The van der Waals surface area contributed by atoms with Crippen molar-refractivity contribution < 1.29 is 9.53 Å². The molecule has 2 aliphatic rings. The van der Waals surface area contributed by atoms with Crippen molar-refractivity contribution in [1.29, 1.82) is 0 Å². The SMILES string of the molecule is COc1ccc2c3c(cc(-c4ccccc4)c(C4CC4)c13)C(=O)N2c1ccccc1. The second-order valence-electron chi connectivity index (χ2n) is 8.04. The van der Waals surface area contributed by atoms with Crippen molar-refractivity contribution in [3.8, 4) is 16.9 Å². The van der Waals surface area contributed by atoms with E-state index in [-0.39, 0.29) is 5.91 Å². The smallest absolute Gasteiger partial charge is 0.263 e. The van der Waals surface area contributed by atoms with Crippen molar-refractivity contribution in [1.82, 2.24) is 0 Å². The minimum absolute atomic E-state index is 0.0222. The summed E-state index contributed by atoms with van der Waals surface area (Å²) in [6, 6.07) is 26.4. The summed E-state index contributed by atoms with van der Waals surface area (Å²) in [5, 5.41) is 2.12. The van der Waals surface area contributed by atoms with Crippen LogP contribution in [-0.4, -0.2) is 13.0 Å². The summed E-state index contributed by atoms with van der Waals surface area (Å²) in [5.41, 5.74) is 6.21. The molecule has 4 aromatic rings. The van der Waals surface area contributed by atoms with Gasteiger partial charge in [-0.05, 0) is 65.8 Å². The predicted molar refractivity (Wildman–Crippen MR) is 121 cm³/mol. The molecule has 1 saturated carbocycles. The quantitative estimate of drug-likeness (QED) is 0.388. The molecule has 0 saturated heterocycles. The Morgan fingerprint density at radius 2 is 1.53 bits per heavy atom. The monoisotopic (exact) mass is 391 g/mol. The van der Waals surface area contributed by atoms with Gasteiger partial charge in [0.2, 0.25) is 0 Å². The Morgan fingerprint density at radius 3 is 2.20 bits per heavy atom. The van der Waals surface area contributed by atoms with Gasteiger partial charge < -0.3 is 4.74 Å². The maximum absolute atomic E-state index is 13.6. The summed E-state index contributed by atoms with van der Waals surface area (Å²) in [5.74, 6) is 1.38. The van der Waals surface area contributed by atoms with Gasteiger partial charge in [-0.3, -0.25) is 9.69 Å². The third-order valence-corrected chi connectivity index (χ3v) is 6.24. The molecule has 0 bridgehead atoms. The van der Waals surface area contributed by atoms with Crippen molar-refractivity contribution >= 4 is 28.1 Å². The average Bonchev–Trinajstić information content (AvgIpc) is 3.60. The Hall–Kier alpha value is -3.59. The van der Waals surface area contributed by atoms with Gasteiger partial charge in [-0.25, -0.2) is 0 Å². The lowest BCUT2D eigenvalue weighted by Crippen LogP contribution is -2.20. The van der Waals surface area contributed by atoms with E-state index in [2.05, 4.69) is 30.3 Å². The number of para-hydroxylation sites is 1. The first-order valence-electron chi connectivity index (χ1n) is 10.4. The van der Waals surface area contributed by atoms with Gasteiger partial charge in [-0.2, -0.15) is 0 Å². The Bertz CT molecular complexity index is 1290. The Balaban J connectivity index is 1.72. The fourth-order valence-corrected chi connectivity index (χ4v) is 4.78. The van der Waals surface area contributed by atoms with E-state index in [1.165, 1.54) is 18.4 Å². The van der Waals surface area contributed by atoms with Gasteiger partial charge >= 0.3 is 0 Å². The molecule has 1 amide bonds. The van der Waals surface area contributed by atoms with Crippen LogP contribution in [0.5, 0.6) is 5.75 Å². The molecule has 3 nitrogen and oxygen atoms in total. The normalized spacial score (nSPS) is 15.1. The van der Waals surface area contributed by atoms with Crippen LogP contribution in [0.2, 0.25) is 0 Å². The zero-order chi connectivity index (χ0) is 20.2. The second kappa shape index (κ2) is 6.46. The highest BCUT2D eigenvalue weighted by Gasteiger charge is 2.37. The van der Waals surface area contributed by atoms with Crippen LogP contribution in [0.15, 0.2) is 78.9 Å². The summed E-state index contributed by atoms with van der Waals surface area (Å²) in [7, 11) is 1.72. The first kappa shape index (κ1) is 17.3. The lowest BCUT2D eigenvalue weighted by Gasteiger charge is -2.19. The maximum atomic E-state index is 13.6. The fourth-order valence-electron chi connectivity index (χ4n) is 4.78. The zero-order valence-corrected chi connectivity index (χ0v) is 16.8. The van der Waals surface area contributed by atoms with Gasteiger partial charge in [0.15, 0.2) is 0 Å². The van der Waals surface area contributed by atoms with E-state index in [9.17, 15) is 4.79 Å². The summed E-state index contributed by atoms with van der Waals surface area (Å²) in [4.78, 5) is 15.5. The van der Waals surface area contributed by atoms with Crippen molar-refractivity contribution in [2.24, 2.45) is 0 Å². The highest BCUT2D eigenvalue weighted by molar-refractivity contribution is 6.30. The molecule has 6 rings (SSSR count). The highest BCUT2D eigenvalue weighted by atomic mass is 16.5. The van der Waals surface area contributed by atoms with Crippen LogP contribution < -0.4 is 9.64 Å². The maximum Gasteiger partial charge on any atom is 0.263 e. The third kappa shape index (κ3) is 2.42. The van der Waals surface area contributed by atoms with Crippen LogP contribution in [0.4, 0.5) is 11.4 Å². The number of nitrogens with zero attached hydrogens (tertiary/aromatic N) is 1. The Kier molecular flexibility index (Phi) is 3.72. The fraction of sp³-hybridized carbons (Fsp3) is 0.148. The van der Waals surface area contributed by atoms with E-state index in [1.807, 2.05) is 53.4 Å². The van der Waals surface area contributed by atoms with E-state index in [0.29, 0.717) is 5.92 Å². The van der Waals surface area contributed by atoms with Crippen molar-refractivity contribution in [2.45, 2.75) is 18.8 Å². The summed E-state index contributed by atoms with van der Waals surface area (Å²) in [6.45, 7) is 0. The van der Waals surface area contributed by atoms with Gasteiger partial charge in [0.1, 0.15) is 5.75 Å². The molecule has 0 spiro atoms. The average molecular weight is 391 g/mol. The molecule has 1 aliphatic heterocycles. The standard InChI is InChI=1S/C27H21NO2/c1-30-23-15-14-22-25-21(27(29)28(22)19-10-6-3-7-11-19)16-20(17-8-4-2-5-9-17)24(26(23)25)18-12-13-18/h2-11,14-16,18H,12-13H2,1H3. The molecule has 146 valence electrons. The van der Waals surface area contributed by atoms with Crippen molar-refractivity contribution in [2.75, 3.05) is 12.0 Å². The van der Waals surface area contributed by atoms with E-state index < -0.39 is 0 Å². The van der Waals surface area contributed by atoms with Crippen molar-refractivity contribution in [3.05, 3.63) is 90.0 Å². The van der Waals surface area contributed by atoms with Crippen LogP contribution in [0, 0.1) is 0 Å². The van der Waals surface area contributed by atoms with Crippen LogP contribution in [-0.2, 0) is 0 Å². The number of carbonyl (C=O) groups excluding carboxylic acids is 1. The van der Waals surface area contributed by atoms with E-state index in [0.717, 1.165) is 44.6 Å². The van der Waals surface area contributed by atoms with Gasteiger partial charge in [0.25, 0.3) is 5.91 Å². The lowest BCUT2D eigenvalue weighted by atomic mass is 9.88. The number of benzene rings is 4. The number of methoxy groups -OCH3 is 1. The van der Waals surface area contributed by atoms with Crippen LogP contribution in [0.25, 0.3) is 21.9 Å². The highest BCUT2D eigenvalue weighted by Crippen LogP contribution is 2.54. The van der Waals surface area contributed by atoms with Gasteiger partial charge in [0.05, 0.1) is 18.4 Å². The molecule has 0 N–H and O–H groups in total. The summed E-state index contributed by atoms with van der Waals surface area (Å²) < 4.78 is 5.82. The number of amides is 1. The van der Waals surface area contributed by atoms with Crippen LogP contribution >= 0.6 is 0 Å². The topological polar surface area (TPSA) is 29.5 Å². The first-order valence-corrected chi connectivity index (χ1v) is 10.4. The molecule has 1 fully saturated rings. The van der Waals surface area contributed by atoms with Gasteiger partial charge in [0, 0.05) is 16.5 Å². The number of carbonyl (C=O) groups is 1. The third-order valence-electron chi connectivity index (χ3n) is 6.24. The van der Waals surface area contributed by atoms with Crippen molar-refractivity contribution in [3.63, 3.8) is 0 Å². The Labute approximate surface area is 175 Å². The molecule has 30 heavy (non-hydrogen) atoms. The van der Waals surface area contributed by atoms with Crippen LogP contribution in [0.3, 0.4) is 0 Å². The largest absolute Gasteiger partial charge is 0.496 e. The molecule has 4 aromatic carbocycles. The molecule has 0 radical (unpaired) electrons. The molecule has 0 atom stereocenters. The van der Waals surface area contributed by atoms with E-state index >= 15 is 0 Å². The number of hydrogen-bond donors (Lipinski definition) is 0. The summed E-state index contributed by atoms with van der Waals surface area (Å²) in [6.07, 6.45) is 2.36. The minimum atomic E-state index is 0.0222. The number of ether oxygens (including phenoxy) is 1. The second-order valence-corrected chi connectivity index (χ2v) is 8.04. The minimum Gasteiger partial charge on any atom is -0.496 e. The molecule has 1 heterocycles. The Morgan fingerprint density at radius 1 is 0.833 bits per heavy atom. The lowest BCUT2D eigenvalue weighted by molar-refractivity contribution is 0.100. The molecular formula is C27H21NO2. The van der Waals surface area contributed by atoms with Crippen LogP contribution in [0.1, 0.15) is 34.7 Å². The number of anilines is 2. The molecule has 0 aromatic heterocycles. The molecule has 0 unspecified atom stereocenters. The van der Waals surface area contributed by atoms with Gasteiger partial charge in [-0.15, -0.1) is 0 Å². The molecular weight excluding hydrogens is 370 g/mol. The summed E-state index contributed by atoms with van der Waals surface area (Å²) >= 11 is 0.